The van der Waals surface area contributed by atoms with E-state index in [0.717, 1.165) is 11.1 Å². The van der Waals surface area contributed by atoms with E-state index in [1.54, 1.807) is 6.92 Å². The minimum atomic E-state index is -0.528. The van der Waals surface area contributed by atoms with Crippen LogP contribution in [0.2, 0.25) is 0 Å². The lowest BCUT2D eigenvalue weighted by molar-refractivity contribution is -0.143. The second-order valence-electron chi connectivity index (χ2n) is 6.54. The van der Waals surface area contributed by atoms with Gasteiger partial charge >= 0.3 is 5.97 Å². The highest BCUT2D eigenvalue weighted by Gasteiger charge is 2.20. The molecule has 3 aromatic rings. The molecule has 0 bridgehead atoms. The Morgan fingerprint density at radius 3 is 2.27 bits per heavy atom. The third-order valence-electron chi connectivity index (χ3n) is 4.53. The number of hydrogen-bond acceptors (Lipinski definition) is 6. The van der Waals surface area contributed by atoms with Crippen LogP contribution in [0.5, 0.6) is 5.75 Å². The molecule has 6 nitrogen and oxygen atoms in total. The maximum Gasteiger partial charge on any atom is 0.306 e. The summed E-state index contributed by atoms with van der Waals surface area (Å²) < 4.78 is 4.82. The first kappa shape index (κ1) is 20.7. The van der Waals surface area contributed by atoms with Crippen molar-refractivity contribution in [2.75, 3.05) is 6.61 Å². The van der Waals surface area contributed by atoms with Gasteiger partial charge in [-0.15, -0.1) is 0 Å². The van der Waals surface area contributed by atoms with Gasteiger partial charge in [0.05, 0.1) is 24.3 Å². The molecule has 0 aliphatic rings. The van der Waals surface area contributed by atoms with Crippen LogP contribution in [-0.4, -0.2) is 28.4 Å². The van der Waals surface area contributed by atoms with Crippen molar-refractivity contribution >= 4 is 11.8 Å². The van der Waals surface area contributed by atoms with Crippen molar-refractivity contribution in [3.8, 4) is 34.2 Å². The van der Waals surface area contributed by atoms with Crippen LogP contribution in [0.4, 0.5) is 0 Å². The van der Waals surface area contributed by atoms with Crippen LogP contribution in [0.15, 0.2) is 60.7 Å². The molecule has 0 aliphatic heterocycles. The van der Waals surface area contributed by atoms with E-state index in [2.05, 4.69) is 4.98 Å². The molecule has 2 aromatic carbocycles. The van der Waals surface area contributed by atoms with E-state index in [0.29, 0.717) is 11.3 Å². The van der Waals surface area contributed by atoms with Gasteiger partial charge in [-0.2, -0.15) is 5.26 Å². The minimum absolute atomic E-state index is 0.0494. The number of carbonyl (C=O) groups is 2. The van der Waals surface area contributed by atoms with Gasteiger partial charge in [0.1, 0.15) is 11.8 Å². The van der Waals surface area contributed by atoms with Crippen molar-refractivity contribution in [3.05, 3.63) is 71.9 Å². The Kier molecular flexibility index (Phi) is 6.56. The summed E-state index contributed by atoms with van der Waals surface area (Å²) in [7, 11) is 0. The fraction of sp³-hybridized carbons (Fsp3) is 0.167. The molecule has 0 amide bonds. The Morgan fingerprint density at radius 2 is 1.63 bits per heavy atom. The van der Waals surface area contributed by atoms with Crippen molar-refractivity contribution in [2.24, 2.45) is 0 Å². The molecule has 0 aliphatic carbocycles. The molecule has 0 fully saturated rings. The highest BCUT2D eigenvalue weighted by molar-refractivity contribution is 5.99. The summed E-state index contributed by atoms with van der Waals surface area (Å²) in [5, 5.41) is 19.6. The van der Waals surface area contributed by atoms with Gasteiger partial charge < -0.3 is 9.84 Å². The zero-order chi connectivity index (χ0) is 21.5. The van der Waals surface area contributed by atoms with E-state index in [9.17, 15) is 20.0 Å². The predicted molar refractivity (Wildman–Crippen MR) is 112 cm³/mol. The molecular weight excluding hydrogens is 380 g/mol. The quantitative estimate of drug-likeness (QED) is 0.462. The number of ketones is 1. The van der Waals surface area contributed by atoms with Gasteiger partial charge in [-0.25, -0.2) is 4.98 Å². The number of nitriles is 1. The van der Waals surface area contributed by atoms with Crippen molar-refractivity contribution in [3.63, 3.8) is 0 Å². The summed E-state index contributed by atoms with van der Waals surface area (Å²) in [6, 6.07) is 20.7. The van der Waals surface area contributed by atoms with Gasteiger partial charge in [0, 0.05) is 12.0 Å². The molecule has 150 valence electrons. The van der Waals surface area contributed by atoms with Crippen LogP contribution >= 0.6 is 0 Å². The first-order valence-electron chi connectivity index (χ1n) is 9.52. The maximum absolute atomic E-state index is 12.5. The molecule has 0 atom stereocenters. The van der Waals surface area contributed by atoms with Gasteiger partial charge in [-0.1, -0.05) is 54.6 Å². The second kappa shape index (κ2) is 9.48. The first-order valence-corrected chi connectivity index (χ1v) is 9.52. The fourth-order valence-electron chi connectivity index (χ4n) is 3.00. The number of esters is 1. The molecule has 1 N–H and O–H groups in total. The Hall–Kier alpha value is -3.98. The van der Waals surface area contributed by atoms with Crippen molar-refractivity contribution in [1.29, 1.82) is 5.26 Å². The number of pyridine rings is 1. The first-order chi connectivity index (χ1) is 14.5. The van der Waals surface area contributed by atoms with E-state index < -0.39 is 17.5 Å². The average Bonchev–Trinajstić information content (AvgIpc) is 2.78. The normalized spacial score (nSPS) is 10.3. The molecule has 3 rings (SSSR count). The van der Waals surface area contributed by atoms with Crippen LogP contribution in [-0.2, 0) is 9.53 Å². The van der Waals surface area contributed by atoms with Crippen LogP contribution in [0.25, 0.3) is 22.4 Å². The topological polar surface area (TPSA) is 100 Å². The summed E-state index contributed by atoms with van der Waals surface area (Å²) in [4.78, 5) is 28.3. The number of ether oxygens (including phenoxy) is 1. The molecule has 30 heavy (non-hydrogen) atoms. The zero-order valence-corrected chi connectivity index (χ0v) is 16.5. The molecule has 0 unspecified atom stereocenters. The largest absolute Gasteiger partial charge is 0.504 e. The number of Topliss-reactive ketones (excluding diaryl/α,β-unsaturated/α-hetero) is 1. The van der Waals surface area contributed by atoms with E-state index in [1.165, 1.54) is 6.07 Å². The number of benzene rings is 2. The lowest BCUT2D eigenvalue weighted by Crippen LogP contribution is -2.10. The van der Waals surface area contributed by atoms with E-state index in [1.807, 2.05) is 60.7 Å². The summed E-state index contributed by atoms with van der Waals surface area (Å²) in [5.41, 5.74) is 2.90. The highest BCUT2D eigenvalue weighted by Crippen LogP contribution is 2.29. The highest BCUT2D eigenvalue weighted by atomic mass is 16.5. The lowest BCUT2D eigenvalue weighted by atomic mass is 10.0. The average molecular weight is 400 g/mol. The molecule has 0 saturated carbocycles. The van der Waals surface area contributed by atoms with Gasteiger partial charge in [0.25, 0.3) is 0 Å². The summed E-state index contributed by atoms with van der Waals surface area (Å²) in [5.74, 6) is -1.51. The number of aromatic hydroxyl groups is 1. The van der Waals surface area contributed by atoms with Crippen molar-refractivity contribution < 1.29 is 19.4 Å². The molecule has 1 aromatic heterocycles. The summed E-state index contributed by atoms with van der Waals surface area (Å²) in [6.45, 7) is 1.91. The second-order valence-corrected chi connectivity index (χ2v) is 6.54. The van der Waals surface area contributed by atoms with Gasteiger partial charge in [0.2, 0.25) is 0 Å². The number of aromatic nitrogens is 1. The molecule has 0 radical (unpaired) electrons. The Morgan fingerprint density at radius 1 is 1.00 bits per heavy atom. The Bertz CT molecular complexity index is 1100. The third-order valence-corrected chi connectivity index (χ3v) is 4.53. The smallest absolute Gasteiger partial charge is 0.306 e. The number of rotatable bonds is 7. The molecule has 6 heteroatoms. The number of hydrogen-bond donors (Lipinski definition) is 1. The molecule has 0 saturated heterocycles. The summed E-state index contributed by atoms with van der Waals surface area (Å²) >= 11 is 0. The van der Waals surface area contributed by atoms with Crippen LogP contribution in [0.3, 0.4) is 0 Å². The number of carbonyl (C=O) groups excluding carboxylic acids is 2. The fourth-order valence-corrected chi connectivity index (χ4v) is 3.00. The van der Waals surface area contributed by atoms with Gasteiger partial charge in [-0.05, 0) is 24.1 Å². The minimum Gasteiger partial charge on any atom is -0.504 e. The predicted octanol–water partition coefficient (Wildman–Crippen LogP) is 4.52. The van der Waals surface area contributed by atoms with Crippen molar-refractivity contribution in [2.45, 2.75) is 19.8 Å². The van der Waals surface area contributed by atoms with E-state index in [4.69, 9.17) is 4.74 Å². The standard InChI is InChI=1S/C24H20N2O4/c1-2-30-22(28)13-12-21(27)23-24(29)19(15-25)14-20(26-23)18-10-8-17(9-11-18)16-6-4-3-5-7-16/h3-11,14,29H,2,12-13H2,1H3. The molecule has 0 spiro atoms. The van der Waals surface area contributed by atoms with Gasteiger partial charge in [-0.3, -0.25) is 9.59 Å². The van der Waals surface area contributed by atoms with Crippen molar-refractivity contribution in [1.82, 2.24) is 4.98 Å². The van der Waals surface area contributed by atoms with Crippen LogP contribution in [0.1, 0.15) is 35.8 Å². The van der Waals surface area contributed by atoms with Crippen LogP contribution < -0.4 is 0 Å². The lowest BCUT2D eigenvalue weighted by Gasteiger charge is -2.09. The molecular formula is C24H20N2O4. The van der Waals surface area contributed by atoms with Crippen LogP contribution in [0, 0.1) is 11.3 Å². The maximum atomic E-state index is 12.5. The monoisotopic (exact) mass is 400 g/mol. The number of nitrogens with zero attached hydrogens (tertiary/aromatic N) is 2. The summed E-state index contributed by atoms with van der Waals surface area (Å²) in [6.07, 6.45) is -0.285. The Balaban J connectivity index is 1.90. The van der Waals surface area contributed by atoms with E-state index >= 15 is 0 Å². The Labute approximate surface area is 174 Å². The SMILES string of the molecule is CCOC(=O)CCC(=O)c1nc(-c2ccc(-c3ccccc3)cc2)cc(C#N)c1O. The third kappa shape index (κ3) is 4.70. The van der Waals surface area contributed by atoms with Gasteiger partial charge in [0.15, 0.2) is 11.5 Å². The van der Waals surface area contributed by atoms with E-state index in [-0.39, 0.29) is 30.7 Å². The molecule has 1 heterocycles. The zero-order valence-electron chi connectivity index (χ0n) is 16.5.